The lowest BCUT2D eigenvalue weighted by Gasteiger charge is -2.32. The maximum atomic E-state index is 14.4. The first-order chi connectivity index (χ1) is 16.1. The number of carbonyl (C=O) groups is 1. The second-order valence-corrected chi connectivity index (χ2v) is 9.82. The number of benzene rings is 2. The van der Waals surface area contributed by atoms with Crippen LogP contribution in [-0.4, -0.2) is 41.2 Å². The standard InChI is InChI=1S/C26H30FN3O4/c1-26(2,3)34-25(31)29-14-11-22-19(5-4-6-20(22)17-29)15-18-9-12-28(13-10-18)24-8-7-21(30(32)33)16-23(24)27/h4-8,15-16H,9-14,17H2,1-3H3. The third-order valence-corrected chi connectivity index (χ3v) is 6.20. The highest BCUT2D eigenvalue weighted by Gasteiger charge is 2.27. The summed E-state index contributed by atoms with van der Waals surface area (Å²) in [6.07, 6.45) is 4.31. The van der Waals surface area contributed by atoms with E-state index >= 15 is 0 Å². The summed E-state index contributed by atoms with van der Waals surface area (Å²) in [6.45, 7) is 8.07. The van der Waals surface area contributed by atoms with Gasteiger partial charge in [-0.2, -0.15) is 0 Å². The molecule has 0 atom stereocenters. The molecule has 2 heterocycles. The molecule has 180 valence electrons. The minimum atomic E-state index is -0.586. The topological polar surface area (TPSA) is 75.9 Å². The number of nitro groups is 1. The lowest BCUT2D eigenvalue weighted by molar-refractivity contribution is -0.385. The Morgan fingerprint density at radius 3 is 2.50 bits per heavy atom. The molecule has 7 nitrogen and oxygen atoms in total. The van der Waals surface area contributed by atoms with Gasteiger partial charge in [-0.25, -0.2) is 9.18 Å². The number of hydrogen-bond donors (Lipinski definition) is 0. The van der Waals surface area contributed by atoms with Crippen molar-refractivity contribution in [2.45, 2.75) is 52.2 Å². The number of nitro benzene ring substituents is 1. The van der Waals surface area contributed by atoms with E-state index in [2.05, 4.69) is 18.2 Å². The van der Waals surface area contributed by atoms with Crippen molar-refractivity contribution in [1.82, 2.24) is 4.90 Å². The molecule has 0 spiro atoms. The third kappa shape index (κ3) is 5.38. The van der Waals surface area contributed by atoms with E-state index in [1.807, 2.05) is 31.7 Å². The van der Waals surface area contributed by atoms with Crippen molar-refractivity contribution in [3.8, 4) is 0 Å². The number of hydrogen-bond acceptors (Lipinski definition) is 5. The average Bonchev–Trinajstić information content (AvgIpc) is 2.78. The van der Waals surface area contributed by atoms with Crippen LogP contribution in [0.15, 0.2) is 42.0 Å². The van der Waals surface area contributed by atoms with Gasteiger partial charge in [-0.05, 0) is 62.8 Å². The highest BCUT2D eigenvalue weighted by molar-refractivity contribution is 5.69. The largest absolute Gasteiger partial charge is 0.444 e. The second-order valence-electron chi connectivity index (χ2n) is 9.82. The Balaban J connectivity index is 1.43. The van der Waals surface area contributed by atoms with E-state index in [4.69, 9.17) is 4.74 Å². The van der Waals surface area contributed by atoms with Gasteiger partial charge in [0.25, 0.3) is 5.69 Å². The molecule has 1 amide bonds. The number of fused-ring (bicyclic) bond motifs is 1. The predicted octanol–water partition coefficient (Wildman–Crippen LogP) is 5.71. The van der Waals surface area contributed by atoms with Crippen LogP contribution >= 0.6 is 0 Å². The van der Waals surface area contributed by atoms with Gasteiger partial charge in [-0.1, -0.05) is 29.8 Å². The van der Waals surface area contributed by atoms with Crippen molar-refractivity contribution >= 4 is 23.5 Å². The minimum Gasteiger partial charge on any atom is -0.444 e. The summed E-state index contributed by atoms with van der Waals surface area (Å²) in [4.78, 5) is 26.4. The van der Waals surface area contributed by atoms with E-state index in [0.29, 0.717) is 31.9 Å². The summed E-state index contributed by atoms with van der Waals surface area (Å²) in [7, 11) is 0. The fraction of sp³-hybridized carbons (Fsp3) is 0.423. The van der Waals surface area contributed by atoms with Crippen LogP contribution in [0.25, 0.3) is 6.08 Å². The Kier molecular flexibility index (Phi) is 6.59. The van der Waals surface area contributed by atoms with Gasteiger partial charge < -0.3 is 14.5 Å². The van der Waals surface area contributed by atoms with Crippen LogP contribution in [0.2, 0.25) is 0 Å². The van der Waals surface area contributed by atoms with Gasteiger partial charge in [-0.15, -0.1) is 0 Å². The monoisotopic (exact) mass is 467 g/mol. The van der Waals surface area contributed by atoms with Crippen molar-refractivity contribution in [1.29, 1.82) is 0 Å². The number of non-ortho nitro benzene ring substituents is 1. The van der Waals surface area contributed by atoms with Crippen molar-refractivity contribution < 1.29 is 18.8 Å². The van der Waals surface area contributed by atoms with E-state index in [1.165, 1.54) is 28.8 Å². The smallest absolute Gasteiger partial charge is 0.410 e. The number of amides is 1. The zero-order valence-corrected chi connectivity index (χ0v) is 19.8. The van der Waals surface area contributed by atoms with Crippen LogP contribution in [-0.2, 0) is 17.7 Å². The van der Waals surface area contributed by atoms with E-state index in [0.717, 1.165) is 30.9 Å². The number of rotatable bonds is 3. The number of ether oxygens (including phenoxy) is 1. The van der Waals surface area contributed by atoms with Gasteiger partial charge in [-0.3, -0.25) is 10.1 Å². The molecule has 2 aromatic rings. The average molecular weight is 468 g/mol. The first-order valence-corrected chi connectivity index (χ1v) is 11.6. The maximum absolute atomic E-state index is 14.4. The Morgan fingerprint density at radius 2 is 1.85 bits per heavy atom. The van der Waals surface area contributed by atoms with Gasteiger partial charge in [0.2, 0.25) is 0 Å². The highest BCUT2D eigenvalue weighted by Crippen LogP contribution is 2.31. The van der Waals surface area contributed by atoms with Crippen LogP contribution in [0.1, 0.15) is 50.3 Å². The van der Waals surface area contributed by atoms with E-state index < -0.39 is 16.3 Å². The molecule has 8 heteroatoms. The fourth-order valence-corrected chi connectivity index (χ4v) is 4.52. The zero-order chi connectivity index (χ0) is 24.5. The van der Waals surface area contributed by atoms with Crippen LogP contribution < -0.4 is 4.90 Å². The number of halogens is 1. The summed E-state index contributed by atoms with van der Waals surface area (Å²) < 4.78 is 19.9. The molecule has 0 unspecified atom stereocenters. The van der Waals surface area contributed by atoms with Crippen LogP contribution in [0.5, 0.6) is 0 Å². The van der Waals surface area contributed by atoms with E-state index in [9.17, 15) is 19.3 Å². The summed E-state index contributed by atoms with van der Waals surface area (Å²) >= 11 is 0. The van der Waals surface area contributed by atoms with Crippen molar-refractivity contribution in [3.63, 3.8) is 0 Å². The molecule has 0 radical (unpaired) electrons. The Labute approximate surface area is 199 Å². The quantitative estimate of drug-likeness (QED) is 0.427. The lowest BCUT2D eigenvalue weighted by atomic mass is 9.92. The molecule has 2 aliphatic rings. The van der Waals surface area contributed by atoms with Crippen molar-refractivity contribution in [2.24, 2.45) is 0 Å². The highest BCUT2D eigenvalue weighted by atomic mass is 19.1. The van der Waals surface area contributed by atoms with Gasteiger partial charge in [0.1, 0.15) is 5.60 Å². The van der Waals surface area contributed by atoms with Crippen LogP contribution in [0, 0.1) is 15.9 Å². The molecule has 1 fully saturated rings. The summed E-state index contributed by atoms with van der Waals surface area (Å²) in [5.41, 5.74) is 4.51. The lowest BCUT2D eigenvalue weighted by Crippen LogP contribution is -2.40. The van der Waals surface area contributed by atoms with Crippen molar-refractivity contribution in [2.75, 3.05) is 24.5 Å². The fourth-order valence-electron chi connectivity index (χ4n) is 4.52. The first-order valence-electron chi connectivity index (χ1n) is 11.6. The molecule has 0 N–H and O–H groups in total. The predicted molar refractivity (Wildman–Crippen MR) is 129 cm³/mol. The Bertz CT molecular complexity index is 1130. The number of piperidine rings is 1. The number of anilines is 1. The molecule has 1 saturated heterocycles. The molecule has 0 aromatic heterocycles. The molecule has 34 heavy (non-hydrogen) atoms. The Morgan fingerprint density at radius 1 is 1.12 bits per heavy atom. The molecule has 2 aromatic carbocycles. The van der Waals surface area contributed by atoms with Gasteiger partial charge in [0, 0.05) is 32.2 Å². The summed E-state index contributed by atoms with van der Waals surface area (Å²) in [5, 5.41) is 10.9. The molecular formula is C26H30FN3O4. The number of carbonyl (C=O) groups excluding carboxylic acids is 1. The van der Waals surface area contributed by atoms with Crippen LogP contribution in [0.3, 0.4) is 0 Å². The molecule has 0 saturated carbocycles. The molecule has 0 bridgehead atoms. The van der Waals surface area contributed by atoms with Gasteiger partial charge >= 0.3 is 6.09 Å². The summed E-state index contributed by atoms with van der Waals surface area (Å²) in [5.74, 6) is -0.562. The van der Waals surface area contributed by atoms with Crippen molar-refractivity contribution in [3.05, 3.63) is 74.6 Å². The molecule has 2 aliphatic heterocycles. The van der Waals surface area contributed by atoms with E-state index in [1.54, 1.807) is 4.90 Å². The Hall–Kier alpha value is -3.42. The maximum Gasteiger partial charge on any atom is 0.410 e. The normalized spacial score (nSPS) is 16.2. The zero-order valence-electron chi connectivity index (χ0n) is 19.8. The molecule has 0 aliphatic carbocycles. The molecular weight excluding hydrogens is 437 g/mol. The van der Waals surface area contributed by atoms with Gasteiger partial charge in [0.15, 0.2) is 5.82 Å². The van der Waals surface area contributed by atoms with E-state index in [-0.39, 0.29) is 11.8 Å². The number of nitrogens with zero attached hydrogens (tertiary/aromatic N) is 3. The minimum absolute atomic E-state index is 0.238. The van der Waals surface area contributed by atoms with Crippen LogP contribution in [0.4, 0.5) is 20.6 Å². The SMILES string of the molecule is CC(C)(C)OC(=O)N1CCc2c(C=C3CCN(c4ccc([N+](=O)[O-])cc4F)CC3)cccc2C1. The second kappa shape index (κ2) is 9.44. The molecule has 4 rings (SSSR count). The summed E-state index contributed by atoms with van der Waals surface area (Å²) in [6, 6.07) is 10.0. The van der Waals surface area contributed by atoms with Gasteiger partial charge in [0.05, 0.1) is 16.7 Å². The third-order valence-electron chi connectivity index (χ3n) is 6.20. The first kappa shape index (κ1) is 23.7.